The van der Waals surface area contributed by atoms with Crippen molar-refractivity contribution >= 4 is 50.4 Å². The molecule has 1 atom stereocenters. The Kier molecular flexibility index (Phi) is 5.14. The molecule has 4 rings (SSSR count). The monoisotopic (exact) mass is 528 g/mol. The van der Waals surface area contributed by atoms with Crippen molar-refractivity contribution in [3.8, 4) is 0 Å². The van der Waals surface area contributed by atoms with Gasteiger partial charge in [0.2, 0.25) is 5.13 Å². The summed E-state index contributed by atoms with van der Waals surface area (Å²) < 4.78 is 26.1. The molecule has 0 aliphatic rings. The van der Waals surface area contributed by atoms with Crippen LogP contribution in [0.15, 0.2) is 51.9 Å². The van der Waals surface area contributed by atoms with E-state index in [9.17, 15) is 19.4 Å². The predicted molar refractivity (Wildman–Crippen MR) is 113 cm³/mol. The van der Waals surface area contributed by atoms with Crippen molar-refractivity contribution < 1.29 is 19.0 Å². The Bertz CT molecular complexity index is 1240. The number of oxazole rings is 1. The van der Waals surface area contributed by atoms with Gasteiger partial charge in [0, 0.05) is 21.2 Å². The largest absolute Gasteiger partial charge is 0.420 e. The SMILES string of the molecule is C[C@H](c1ccccc1I)n1c(=O)oc2cc(C(O)(O)Nc3ncns3)c(F)cc21. The third kappa shape index (κ3) is 3.66. The standard InChI is InChI=1S/C18H14FIN4O4S/c1-9(10-4-2-3-5-13(10)20)24-14-7-12(19)11(6-15(14)28-17(24)25)18(26,27)23-16-21-8-22-29-16/h2-9,26-27H,1H3,(H,21,22,23)/t9-/m1/s1. The fourth-order valence-corrected chi connectivity index (χ4v) is 4.40. The molecule has 2 heterocycles. The summed E-state index contributed by atoms with van der Waals surface area (Å²) in [6, 6.07) is 9.22. The van der Waals surface area contributed by atoms with Gasteiger partial charge >= 0.3 is 5.76 Å². The highest BCUT2D eigenvalue weighted by Crippen LogP contribution is 2.31. The van der Waals surface area contributed by atoms with E-state index >= 15 is 0 Å². The van der Waals surface area contributed by atoms with Gasteiger partial charge < -0.3 is 19.9 Å². The maximum absolute atomic E-state index is 14.8. The number of fused-ring (bicyclic) bond motifs is 1. The number of anilines is 1. The Morgan fingerprint density at radius 1 is 1.34 bits per heavy atom. The molecule has 0 aliphatic heterocycles. The molecule has 0 unspecified atom stereocenters. The number of aromatic nitrogens is 3. The van der Waals surface area contributed by atoms with Crippen LogP contribution in [0.4, 0.5) is 9.52 Å². The molecule has 0 fully saturated rings. The van der Waals surface area contributed by atoms with Gasteiger partial charge in [0.1, 0.15) is 12.1 Å². The van der Waals surface area contributed by atoms with E-state index in [0.29, 0.717) is 0 Å². The Labute approximate surface area is 180 Å². The molecule has 2 aromatic heterocycles. The number of hydrogen-bond acceptors (Lipinski definition) is 8. The number of benzene rings is 2. The molecule has 3 N–H and O–H groups in total. The third-order valence-corrected chi connectivity index (χ3v) is 6.03. The van der Waals surface area contributed by atoms with Crippen molar-refractivity contribution in [2.75, 3.05) is 5.32 Å². The van der Waals surface area contributed by atoms with Crippen LogP contribution in [-0.2, 0) is 5.91 Å². The van der Waals surface area contributed by atoms with Crippen LogP contribution >= 0.6 is 34.1 Å². The van der Waals surface area contributed by atoms with Crippen molar-refractivity contribution in [1.29, 1.82) is 0 Å². The number of rotatable bonds is 5. The maximum Gasteiger partial charge on any atom is 0.420 e. The smallest absolute Gasteiger partial charge is 0.408 e. The Balaban J connectivity index is 1.81. The van der Waals surface area contributed by atoms with E-state index < -0.39 is 29.1 Å². The molecule has 8 nitrogen and oxygen atoms in total. The van der Waals surface area contributed by atoms with E-state index in [1.54, 1.807) is 6.92 Å². The van der Waals surface area contributed by atoms with E-state index in [1.165, 1.54) is 10.9 Å². The highest BCUT2D eigenvalue weighted by Gasteiger charge is 2.32. The zero-order chi connectivity index (χ0) is 20.8. The number of nitrogens with one attached hydrogen (secondary N) is 1. The summed E-state index contributed by atoms with van der Waals surface area (Å²) >= 11 is 3.03. The van der Waals surface area contributed by atoms with E-state index in [0.717, 1.165) is 32.8 Å². The number of hydrogen-bond donors (Lipinski definition) is 3. The van der Waals surface area contributed by atoms with Gasteiger partial charge in [0.15, 0.2) is 5.58 Å². The van der Waals surface area contributed by atoms with Crippen molar-refractivity contribution in [2.45, 2.75) is 18.9 Å². The first-order valence-electron chi connectivity index (χ1n) is 8.37. The van der Waals surface area contributed by atoms with Crippen LogP contribution in [0.3, 0.4) is 0 Å². The van der Waals surface area contributed by atoms with Crippen LogP contribution in [0.5, 0.6) is 0 Å². The van der Waals surface area contributed by atoms with E-state index in [1.807, 2.05) is 24.3 Å². The number of aliphatic hydroxyl groups is 2. The minimum absolute atomic E-state index is 0.0238. The second-order valence-corrected chi connectivity index (χ2v) is 8.22. The minimum Gasteiger partial charge on any atom is -0.408 e. The molecule has 0 saturated heterocycles. The maximum atomic E-state index is 14.8. The normalized spacial score (nSPS) is 13.0. The molecule has 150 valence electrons. The van der Waals surface area contributed by atoms with Crippen molar-refractivity contribution in [3.63, 3.8) is 0 Å². The summed E-state index contributed by atoms with van der Waals surface area (Å²) in [5.41, 5.74) is 0.591. The molecule has 0 bridgehead atoms. The van der Waals surface area contributed by atoms with E-state index in [4.69, 9.17) is 4.42 Å². The molecule has 4 aromatic rings. The Morgan fingerprint density at radius 2 is 2.10 bits per heavy atom. The average molecular weight is 528 g/mol. The molecule has 0 radical (unpaired) electrons. The molecule has 29 heavy (non-hydrogen) atoms. The lowest BCUT2D eigenvalue weighted by Crippen LogP contribution is -2.35. The highest BCUT2D eigenvalue weighted by molar-refractivity contribution is 14.1. The van der Waals surface area contributed by atoms with Crippen LogP contribution in [-0.4, -0.2) is 24.1 Å². The zero-order valence-electron chi connectivity index (χ0n) is 14.8. The number of halogens is 2. The first-order chi connectivity index (χ1) is 13.8. The third-order valence-electron chi connectivity index (χ3n) is 4.46. The highest BCUT2D eigenvalue weighted by atomic mass is 127. The molecular weight excluding hydrogens is 514 g/mol. The van der Waals surface area contributed by atoms with E-state index in [2.05, 4.69) is 37.3 Å². The number of nitrogens with zero attached hydrogens (tertiary/aromatic N) is 3. The average Bonchev–Trinajstić information content (AvgIpc) is 3.27. The summed E-state index contributed by atoms with van der Waals surface area (Å²) in [5, 5.41) is 23.0. The van der Waals surface area contributed by atoms with Crippen LogP contribution in [0.2, 0.25) is 0 Å². The Hall–Kier alpha value is -2.35. The van der Waals surface area contributed by atoms with Gasteiger partial charge in [-0.05, 0) is 47.2 Å². The molecular formula is C18H14FIN4O4S. The first kappa shape index (κ1) is 19.9. The molecule has 0 saturated carbocycles. The lowest BCUT2D eigenvalue weighted by atomic mass is 10.1. The van der Waals surface area contributed by atoms with Crippen molar-refractivity contribution in [1.82, 2.24) is 13.9 Å². The molecule has 2 aromatic carbocycles. The van der Waals surface area contributed by atoms with Gasteiger partial charge in [-0.1, -0.05) is 18.2 Å². The van der Waals surface area contributed by atoms with Crippen molar-refractivity contribution in [2.24, 2.45) is 0 Å². The van der Waals surface area contributed by atoms with Gasteiger partial charge in [-0.2, -0.15) is 4.37 Å². The predicted octanol–water partition coefficient (Wildman–Crippen LogP) is 3.01. The molecule has 11 heteroatoms. The van der Waals surface area contributed by atoms with Gasteiger partial charge in [-0.25, -0.2) is 14.2 Å². The van der Waals surface area contributed by atoms with Crippen molar-refractivity contribution in [3.05, 3.63) is 73.8 Å². The van der Waals surface area contributed by atoms with Crippen LogP contribution in [0.25, 0.3) is 11.1 Å². The second-order valence-electron chi connectivity index (χ2n) is 6.28. The second kappa shape index (κ2) is 7.48. The fourth-order valence-electron chi connectivity index (χ4n) is 3.09. The van der Waals surface area contributed by atoms with Gasteiger partial charge in [0.25, 0.3) is 5.91 Å². The summed E-state index contributed by atoms with van der Waals surface area (Å²) in [7, 11) is 0. The van der Waals surface area contributed by atoms with Gasteiger partial charge in [-0.3, -0.25) is 4.57 Å². The molecule has 0 aliphatic carbocycles. The zero-order valence-corrected chi connectivity index (χ0v) is 17.8. The molecule has 0 amide bonds. The Morgan fingerprint density at radius 3 is 2.79 bits per heavy atom. The summed E-state index contributed by atoms with van der Waals surface area (Å²) in [4.78, 5) is 16.3. The first-order valence-corrected chi connectivity index (χ1v) is 10.2. The summed E-state index contributed by atoms with van der Waals surface area (Å²) in [6.07, 6.45) is 1.22. The van der Waals surface area contributed by atoms with Gasteiger partial charge in [-0.15, -0.1) is 0 Å². The van der Waals surface area contributed by atoms with Crippen LogP contribution in [0, 0.1) is 9.39 Å². The summed E-state index contributed by atoms with van der Waals surface area (Å²) in [5.74, 6) is -4.38. The minimum atomic E-state index is -2.78. The summed E-state index contributed by atoms with van der Waals surface area (Å²) in [6.45, 7) is 1.80. The van der Waals surface area contributed by atoms with Crippen LogP contribution in [0.1, 0.15) is 24.1 Å². The lowest BCUT2D eigenvalue weighted by molar-refractivity contribution is -0.145. The lowest BCUT2D eigenvalue weighted by Gasteiger charge is -2.23. The fraction of sp³-hybridized carbons (Fsp3) is 0.167. The van der Waals surface area contributed by atoms with Gasteiger partial charge in [0.05, 0.1) is 17.1 Å². The molecule has 0 spiro atoms. The topological polar surface area (TPSA) is 113 Å². The van der Waals surface area contributed by atoms with Crippen LogP contribution < -0.4 is 11.1 Å². The quantitative estimate of drug-likeness (QED) is 0.270. The van der Waals surface area contributed by atoms with E-state index in [-0.39, 0.29) is 16.2 Å².